The third-order valence-corrected chi connectivity index (χ3v) is 2.75. The van der Waals surface area contributed by atoms with Crippen molar-refractivity contribution in [1.82, 2.24) is 0 Å². The zero-order valence-electron chi connectivity index (χ0n) is 9.60. The molecule has 18 heavy (non-hydrogen) atoms. The molecular formula is C15H11ClO2. The molecule has 0 saturated heterocycles. The molecular weight excluding hydrogens is 248 g/mol. The van der Waals surface area contributed by atoms with Gasteiger partial charge in [0.25, 0.3) is 0 Å². The number of ether oxygens (including phenoxy) is 1. The summed E-state index contributed by atoms with van der Waals surface area (Å²) >= 11 is 6.11. The van der Waals surface area contributed by atoms with Crippen molar-refractivity contribution in [3.05, 3.63) is 66.2 Å². The van der Waals surface area contributed by atoms with E-state index in [2.05, 4.69) is 6.58 Å². The third kappa shape index (κ3) is 2.79. The molecule has 0 aromatic heterocycles. The second kappa shape index (κ2) is 5.52. The van der Waals surface area contributed by atoms with Gasteiger partial charge in [0.1, 0.15) is 5.75 Å². The summed E-state index contributed by atoms with van der Waals surface area (Å²) in [6, 6.07) is 14.7. The first-order valence-electron chi connectivity index (χ1n) is 5.40. The maximum atomic E-state index is 11.0. The lowest BCUT2D eigenvalue weighted by molar-refractivity contribution is -0.128. The standard InChI is InChI=1S/C15H11ClO2/c1-2-15(17)18-12-9-7-11(8-10-12)13-5-3-4-6-14(13)16/h2-10H,1H2. The largest absolute Gasteiger partial charge is 0.423 e. The number of hydrogen-bond donors (Lipinski definition) is 0. The van der Waals surface area contributed by atoms with Gasteiger partial charge in [-0.1, -0.05) is 48.5 Å². The van der Waals surface area contributed by atoms with E-state index in [1.54, 1.807) is 12.1 Å². The summed E-state index contributed by atoms with van der Waals surface area (Å²) in [5.41, 5.74) is 1.92. The van der Waals surface area contributed by atoms with E-state index in [1.165, 1.54) is 0 Å². The summed E-state index contributed by atoms with van der Waals surface area (Å²) in [5, 5.41) is 0.688. The van der Waals surface area contributed by atoms with Crippen LogP contribution in [0.1, 0.15) is 0 Å². The number of rotatable bonds is 3. The lowest BCUT2D eigenvalue weighted by Crippen LogP contribution is -2.02. The molecule has 2 aromatic rings. The molecule has 0 aliphatic rings. The second-order valence-corrected chi connectivity index (χ2v) is 4.04. The molecule has 0 heterocycles. The molecule has 0 spiro atoms. The molecule has 0 bridgehead atoms. The van der Waals surface area contributed by atoms with Crippen LogP contribution in [0.2, 0.25) is 5.02 Å². The quantitative estimate of drug-likeness (QED) is 0.471. The van der Waals surface area contributed by atoms with Crippen LogP contribution in [-0.4, -0.2) is 5.97 Å². The van der Waals surface area contributed by atoms with Gasteiger partial charge in [-0.2, -0.15) is 0 Å². The Morgan fingerprint density at radius 1 is 1.11 bits per heavy atom. The van der Waals surface area contributed by atoms with Crippen LogP contribution in [0.25, 0.3) is 11.1 Å². The fraction of sp³-hybridized carbons (Fsp3) is 0. The normalized spacial score (nSPS) is 9.83. The summed E-state index contributed by atoms with van der Waals surface area (Å²) < 4.78 is 4.99. The Hall–Kier alpha value is -2.06. The minimum absolute atomic E-state index is 0.472. The fourth-order valence-electron chi connectivity index (χ4n) is 1.56. The highest BCUT2D eigenvalue weighted by molar-refractivity contribution is 6.33. The van der Waals surface area contributed by atoms with Gasteiger partial charge in [-0.3, -0.25) is 0 Å². The van der Waals surface area contributed by atoms with Gasteiger partial charge in [0, 0.05) is 16.7 Å². The Bertz CT molecular complexity index is 573. The van der Waals surface area contributed by atoms with Gasteiger partial charge in [-0.25, -0.2) is 4.79 Å². The van der Waals surface area contributed by atoms with Crippen molar-refractivity contribution in [3.63, 3.8) is 0 Å². The molecule has 0 aliphatic carbocycles. The van der Waals surface area contributed by atoms with Crippen molar-refractivity contribution in [1.29, 1.82) is 0 Å². The summed E-state index contributed by atoms with van der Waals surface area (Å²) in [4.78, 5) is 11.0. The third-order valence-electron chi connectivity index (χ3n) is 2.42. The van der Waals surface area contributed by atoms with E-state index in [9.17, 15) is 4.79 Å². The van der Waals surface area contributed by atoms with Crippen molar-refractivity contribution < 1.29 is 9.53 Å². The van der Waals surface area contributed by atoms with Gasteiger partial charge in [-0.15, -0.1) is 0 Å². The minimum atomic E-state index is -0.472. The summed E-state index contributed by atoms with van der Waals surface area (Å²) in [6.07, 6.45) is 1.13. The van der Waals surface area contributed by atoms with Crippen molar-refractivity contribution in [2.75, 3.05) is 0 Å². The smallest absolute Gasteiger partial charge is 0.335 e. The van der Waals surface area contributed by atoms with E-state index in [4.69, 9.17) is 16.3 Å². The van der Waals surface area contributed by atoms with E-state index in [-0.39, 0.29) is 0 Å². The highest BCUT2D eigenvalue weighted by Gasteiger charge is 2.04. The Morgan fingerprint density at radius 2 is 1.78 bits per heavy atom. The number of hydrogen-bond acceptors (Lipinski definition) is 2. The average Bonchev–Trinajstić information content (AvgIpc) is 2.40. The van der Waals surface area contributed by atoms with Gasteiger partial charge in [0.05, 0.1) is 0 Å². The van der Waals surface area contributed by atoms with Gasteiger partial charge in [0.2, 0.25) is 0 Å². The molecule has 3 heteroatoms. The molecule has 0 atom stereocenters. The Labute approximate surface area is 110 Å². The summed E-state index contributed by atoms with van der Waals surface area (Å²) in [5.74, 6) is 0.0104. The summed E-state index contributed by atoms with van der Waals surface area (Å²) in [7, 11) is 0. The van der Waals surface area contributed by atoms with Gasteiger partial charge in [0.15, 0.2) is 0 Å². The number of carbonyl (C=O) groups excluding carboxylic acids is 1. The van der Waals surface area contributed by atoms with Gasteiger partial charge < -0.3 is 4.74 Å². The molecule has 0 amide bonds. The maximum absolute atomic E-state index is 11.0. The Balaban J connectivity index is 2.25. The zero-order chi connectivity index (χ0) is 13.0. The SMILES string of the molecule is C=CC(=O)Oc1ccc(-c2ccccc2Cl)cc1. The predicted molar refractivity (Wildman–Crippen MR) is 72.7 cm³/mol. The number of halogens is 1. The van der Waals surface area contributed by atoms with E-state index >= 15 is 0 Å². The van der Waals surface area contributed by atoms with Crippen LogP contribution in [0.3, 0.4) is 0 Å². The molecule has 0 radical (unpaired) electrons. The average molecular weight is 259 g/mol. The second-order valence-electron chi connectivity index (χ2n) is 3.63. The highest BCUT2D eigenvalue weighted by Crippen LogP contribution is 2.28. The Kier molecular flexibility index (Phi) is 3.80. The number of esters is 1. The van der Waals surface area contributed by atoms with Crippen molar-refractivity contribution in [2.24, 2.45) is 0 Å². The monoisotopic (exact) mass is 258 g/mol. The van der Waals surface area contributed by atoms with Crippen LogP contribution in [0, 0.1) is 0 Å². The van der Waals surface area contributed by atoms with E-state index < -0.39 is 5.97 Å². The first-order valence-corrected chi connectivity index (χ1v) is 5.77. The first kappa shape index (κ1) is 12.4. The Morgan fingerprint density at radius 3 is 2.39 bits per heavy atom. The van der Waals surface area contributed by atoms with Crippen LogP contribution in [0.15, 0.2) is 61.2 Å². The zero-order valence-corrected chi connectivity index (χ0v) is 10.4. The van der Waals surface area contributed by atoms with Crippen molar-refractivity contribution >= 4 is 17.6 Å². The summed E-state index contributed by atoms with van der Waals surface area (Å²) in [6.45, 7) is 3.34. The molecule has 0 fully saturated rings. The lowest BCUT2D eigenvalue weighted by Gasteiger charge is -2.05. The lowest BCUT2D eigenvalue weighted by atomic mass is 10.1. The predicted octanol–water partition coefficient (Wildman–Crippen LogP) is 4.10. The molecule has 2 rings (SSSR count). The van der Waals surface area contributed by atoms with Crippen LogP contribution in [0.4, 0.5) is 0 Å². The number of benzene rings is 2. The van der Waals surface area contributed by atoms with Gasteiger partial charge >= 0.3 is 5.97 Å². The van der Waals surface area contributed by atoms with Crippen molar-refractivity contribution in [3.8, 4) is 16.9 Å². The molecule has 90 valence electrons. The highest BCUT2D eigenvalue weighted by atomic mass is 35.5. The maximum Gasteiger partial charge on any atom is 0.335 e. The van der Waals surface area contributed by atoms with Crippen LogP contribution in [0.5, 0.6) is 5.75 Å². The fourth-order valence-corrected chi connectivity index (χ4v) is 1.80. The number of carbonyl (C=O) groups is 1. The molecule has 0 aliphatic heterocycles. The molecule has 2 nitrogen and oxygen atoms in total. The molecule has 0 unspecified atom stereocenters. The van der Waals surface area contributed by atoms with E-state index in [1.807, 2.05) is 36.4 Å². The van der Waals surface area contributed by atoms with Crippen LogP contribution < -0.4 is 4.74 Å². The molecule has 0 N–H and O–H groups in total. The van der Waals surface area contributed by atoms with Gasteiger partial charge in [-0.05, 0) is 23.8 Å². The van der Waals surface area contributed by atoms with E-state index in [0.717, 1.165) is 17.2 Å². The van der Waals surface area contributed by atoms with Crippen LogP contribution >= 0.6 is 11.6 Å². The van der Waals surface area contributed by atoms with E-state index in [0.29, 0.717) is 10.8 Å². The van der Waals surface area contributed by atoms with Crippen LogP contribution in [-0.2, 0) is 4.79 Å². The topological polar surface area (TPSA) is 26.3 Å². The van der Waals surface area contributed by atoms with Crippen molar-refractivity contribution in [2.45, 2.75) is 0 Å². The minimum Gasteiger partial charge on any atom is -0.423 e. The molecule has 0 saturated carbocycles. The first-order chi connectivity index (χ1) is 8.70. The molecule has 2 aromatic carbocycles.